The van der Waals surface area contributed by atoms with Crippen molar-refractivity contribution in [1.82, 2.24) is 10.3 Å². The normalized spacial score (nSPS) is 13.3. The van der Waals surface area contributed by atoms with Crippen molar-refractivity contribution in [2.24, 2.45) is 16.6 Å². The first-order valence-corrected chi connectivity index (χ1v) is 5.48. The van der Waals surface area contributed by atoms with Gasteiger partial charge in [0.15, 0.2) is 5.84 Å². The summed E-state index contributed by atoms with van der Waals surface area (Å²) in [5, 5.41) is 14.7. The number of hydrogen-bond donors (Lipinski definition) is 4. The molecule has 18 heavy (non-hydrogen) atoms. The summed E-state index contributed by atoms with van der Waals surface area (Å²) in [5.74, 6) is -0.409. The average Bonchev–Trinajstić information content (AvgIpc) is 2.35. The van der Waals surface area contributed by atoms with Gasteiger partial charge in [0.05, 0.1) is 0 Å². The largest absolute Gasteiger partial charge is 0.409 e. The number of hydrogen-bond acceptors (Lipinski definition) is 5. The van der Waals surface area contributed by atoms with Gasteiger partial charge in [-0.05, 0) is 18.6 Å². The molecule has 0 saturated heterocycles. The first-order valence-electron chi connectivity index (χ1n) is 5.48. The van der Waals surface area contributed by atoms with Crippen molar-refractivity contribution in [2.45, 2.75) is 25.9 Å². The number of carbonyl (C=O) groups excluding carboxylic acids is 1. The van der Waals surface area contributed by atoms with E-state index < -0.39 is 0 Å². The molecule has 6 N–H and O–H groups in total. The van der Waals surface area contributed by atoms with Crippen molar-refractivity contribution in [3.05, 3.63) is 29.6 Å². The molecule has 7 heteroatoms. The van der Waals surface area contributed by atoms with Crippen molar-refractivity contribution in [3.8, 4) is 0 Å². The number of nitrogens with one attached hydrogen (secondary N) is 1. The molecule has 0 fully saturated rings. The highest BCUT2D eigenvalue weighted by atomic mass is 16.4. The zero-order valence-corrected chi connectivity index (χ0v) is 10.1. The zero-order valence-electron chi connectivity index (χ0n) is 10.1. The van der Waals surface area contributed by atoms with Crippen LogP contribution in [0.15, 0.2) is 23.5 Å². The van der Waals surface area contributed by atoms with Crippen LogP contribution in [0.2, 0.25) is 0 Å². The molecule has 0 saturated carbocycles. The summed E-state index contributed by atoms with van der Waals surface area (Å²) in [5.41, 5.74) is 11.8. The molecule has 0 aliphatic heterocycles. The number of carbonyl (C=O) groups is 1. The van der Waals surface area contributed by atoms with Gasteiger partial charge in [-0.2, -0.15) is 0 Å². The van der Waals surface area contributed by atoms with Crippen LogP contribution in [0.1, 0.15) is 24.6 Å². The van der Waals surface area contributed by atoms with Crippen molar-refractivity contribution >= 4 is 11.7 Å². The van der Waals surface area contributed by atoms with Gasteiger partial charge in [0.1, 0.15) is 5.69 Å². The Kier molecular flexibility index (Phi) is 5.06. The van der Waals surface area contributed by atoms with Gasteiger partial charge in [-0.25, -0.2) is 0 Å². The predicted molar refractivity (Wildman–Crippen MR) is 66.9 cm³/mol. The molecule has 0 spiro atoms. The number of pyridine rings is 1. The van der Waals surface area contributed by atoms with Gasteiger partial charge in [0.25, 0.3) is 0 Å². The summed E-state index contributed by atoms with van der Waals surface area (Å²) in [7, 11) is 0. The Labute approximate surface area is 105 Å². The molecular formula is C11H17N5O2. The third kappa shape index (κ3) is 4.02. The minimum absolute atomic E-state index is 0.0463. The van der Waals surface area contributed by atoms with E-state index in [1.54, 1.807) is 12.3 Å². The summed E-state index contributed by atoms with van der Waals surface area (Å²) in [6.07, 6.45) is 1.81. The molecule has 1 aromatic rings. The second-order valence-corrected chi connectivity index (χ2v) is 3.95. The topological polar surface area (TPSA) is 127 Å². The molecule has 0 bridgehead atoms. The molecule has 0 aliphatic rings. The van der Waals surface area contributed by atoms with Gasteiger partial charge < -0.3 is 22.0 Å². The van der Waals surface area contributed by atoms with Crippen LogP contribution in [0.5, 0.6) is 0 Å². The molecule has 1 amide bonds. The number of oxime groups is 1. The maximum Gasteiger partial charge on any atom is 0.218 e. The van der Waals surface area contributed by atoms with Crippen molar-refractivity contribution < 1.29 is 10.0 Å². The van der Waals surface area contributed by atoms with Gasteiger partial charge >= 0.3 is 0 Å². The van der Waals surface area contributed by atoms with E-state index in [9.17, 15) is 4.79 Å². The molecule has 7 nitrogen and oxygen atoms in total. The van der Waals surface area contributed by atoms with Crippen LogP contribution in [0.3, 0.4) is 0 Å². The summed E-state index contributed by atoms with van der Waals surface area (Å²) in [4.78, 5) is 14.8. The number of nitrogens with zero attached hydrogens (tertiary/aromatic N) is 2. The van der Waals surface area contributed by atoms with Crippen LogP contribution in [-0.4, -0.2) is 28.0 Å². The Morgan fingerprint density at radius 1 is 1.61 bits per heavy atom. The molecule has 98 valence electrons. The van der Waals surface area contributed by atoms with Crippen LogP contribution in [-0.2, 0) is 11.3 Å². The highest BCUT2D eigenvalue weighted by Crippen LogP contribution is 2.05. The zero-order chi connectivity index (χ0) is 13.5. The molecule has 1 atom stereocenters. The minimum Gasteiger partial charge on any atom is -0.409 e. The lowest BCUT2D eigenvalue weighted by Gasteiger charge is -2.13. The van der Waals surface area contributed by atoms with Crippen LogP contribution in [0, 0.1) is 0 Å². The fourth-order valence-corrected chi connectivity index (χ4v) is 1.52. The molecular weight excluding hydrogens is 234 g/mol. The van der Waals surface area contributed by atoms with Crippen LogP contribution < -0.4 is 16.8 Å². The van der Waals surface area contributed by atoms with Crippen LogP contribution in [0.4, 0.5) is 0 Å². The Bertz CT molecular complexity index is 447. The quantitative estimate of drug-likeness (QED) is 0.235. The summed E-state index contributed by atoms with van der Waals surface area (Å²) >= 11 is 0. The maximum absolute atomic E-state index is 10.7. The number of amides is 1. The summed E-state index contributed by atoms with van der Waals surface area (Å²) in [6.45, 7) is 2.30. The smallest absolute Gasteiger partial charge is 0.218 e. The SMILES string of the molecule is CC(CC(N)=O)NCc1cccnc1/C(N)=N/O. The lowest BCUT2D eigenvalue weighted by atomic mass is 10.1. The molecule has 1 heterocycles. The number of rotatable bonds is 6. The fraction of sp³-hybridized carbons (Fsp3) is 0.364. The Hall–Kier alpha value is -2.15. The van der Waals surface area contributed by atoms with E-state index in [1.807, 2.05) is 13.0 Å². The van der Waals surface area contributed by atoms with Gasteiger partial charge in [-0.15, -0.1) is 0 Å². The second-order valence-electron chi connectivity index (χ2n) is 3.95. The third-order valence-electron chi connectivity index (χ3n) is 2.39. The van der Waals surface area contributed by atoms with E-state index in [4.69, 9.17) is 16.7 Å². The standard InChI is InChI=1S/C11H17N5O2/c1-7(5-9(12)17)15-6-8-3-2-4-14-10(8)11(13)16-18/h2-4,7,15,18H,5-6H2,1H3,(H2,12,17)(H2,13,16). The summed E-state index contributed by atoms with van der Waals surface area (Å²) in [6, 6.07) is 3.51. The van der Waals surface area contributed by atoms with Crippen molar-refractivity contribution in [2.75, 3.05) is 0 Å². The fourth-order valence-electron chi connectivity index (χ4n) is 1.52. The highest BCUT2D eigenvalue weighted by Gasteiger charge is 2.10. The first kappa shape index (κ1) is 13.9. The predicted octanol–water partition coefficient (Wildman–Crippen LogP) is -0.470. The maximum atomic E-state index is 10.7. The van der Waals surface area contributed by atoms with Crippen LogP contribution in [0.25, 0.3) is 0 Å². The molecule has 1 unspecified atom stereocenters. The van der Waals surface area contributed by atoms with E-state index in [0.29, 0.717) is 12.2 Å². The van der Waals surface area contributed by atoms with E-state index in [-0.39, 0.29) is 24.2 Å². The molecule has 0 aromatic carbocycles. The number of primary amides is 1. The number of nitrogens with two attached hydrogens (primary N) is 2. The van der Waals surface area contributed by atoms with E-state index in [1.165, 1.54) is 0 Å². The summed E-state index contributed by atoms with van der Waals surface area (Å²) < 4.78 is 0. The van der Waals surface area contributed by atoms with Gasteiger partial charge in [-0.3, -0.25) is 9.78 Å². The Balaban J connectivity index is 2.70. The lowest BCUT2D eigenvalue weighted by Crippen LogP contribution is -2.31. The van der Waals surface area contributed by atoms with E-state index in [2.05, 4.69) is 15.5 Å². The highest BCUT2D eigenvalue weighted by molar-refractivity contribution is 5.96. The van der Waals surface area contributed by atoms with E-state index in [0.717, 1.165) is 5.56 Å². The number of amidine groups is 1. The van der Waals surface area contributed by atoms with Gasteiger partial charge in [0.2, 0.25) is 5.91 Å². The minimum atomic E-state index is -0.363. The molecule has 0 aliphatic carbocycles. The molecule has 1 aromatic heterocycles. The molecule has 0 radical (unpaired) electrons. The average molecular weight is 251 g/mol. The Morgan fingerprint density at radius 2 is 2.33 bits per heavy atom. The van der Waals surface area contributed by atoms with Crippen LogP contribution >= 0.6 is 0 Å². The first-order chi connectivity index (χ1) is 8.54. The van der Waals surface area contributed by atoms with Gasteiger partial charge in [-0.1, -0.05) is 11.2 Å². The number of aromatic nitrogens is 1. The van der Waals surface area contributed by atoms with Gasteiger partial charge in [0, 0.05) is 25.2 Å². The lowest BCUT2D eigenvalue weighted by molar-refractivity contribution is -0.118. The second kappa shape index (κ2) is 6.55. The third-order valence-corrected chi connectivity index (χ3v) is 2.39. The van der Waals surface area contributed by atoms with E-state index >= 15 is 0 Å². The van der Waals surface area contributed by atoms with Crippen molar-refractivity contribution in [3.63, 3.8) is 0 Å². The monoisotopic (exact) mass is 251 g/mol. The Morgan fingerprint density at radius 3 is 2.94 bits per heavy atom. The van der Waals surface area contributed by atoms with Crippen molar-refractivity contribution in [1.29, 1.82) is 0 Å². The molecule has 1 rings (SSSR count).